The molecular formula is C15H20Cl2N6. The highest BCUT2D eigenvalue weighted by atomic mass is 35.5. The molecule has 1 aromatic heterocycles. The minimum absolute atomic E-state index is 0.210. The van der Waals surface area contributed by atoms with Crippen molar-refractivity contribution in [2.24, 2.45) is 0 Å². The molecule has 124 valence electrons. The Morgan fingerprint density at radius 3 is 1.78 bits per heavy atom. The summed E-state index contributed by atoms with van der Waals surface area (Å²) in [7, 11) is 0. The minimum Gasteiger partial charge on any atom is -0.352 e. The Labute approximate surface area is 146 Å². The van der Waals surface area contributed by atoms with Gasteiger partial charge in [0, 0.05) is 17.8 Å². The molecule has 0 unspecified atom stereocenters. The Kier molecular flexibility index (Phi) is 5.85. The second-order valence-corrected chi connectivity index (χ2v) is 6.47. The second-order valence-electron chi connectivity index (χ2n) is 5.66. The maximum atomic E-state index is 6.03. The number of nitrogens with zero attached hydrogens (tertiary/aromatic N) is 3. The summed E-state index contributed by atoms with van der Waals surface area (Å²) in [5.74, 6) is 1.42. The highest BCUT2D eigenvalue weighted by Gasteiger charge is 2.09. The van der Waals surface area contributed by atoms with Gasteiger partial charge >= 0.3 is 0 Å². The molecule has 6 nitrogen and oxygen atoms in total. The molecule has 23 heavy (non-hydrogen) atoms. The maximum absolute atomic E-state index is 6.03. The lowest BCUT2D eigenvalue weighted by atomic mass is 10.3. The van der Waals surface area contributed by atoms with E-state index in [1.165, 1.54) is 0 Å². The van der Waals surface area contributed by atoms with E-state index in [9.17, 15) is 0 Å². The van der Waals surface area contributed by atoms with Gasteiger partial charge in [0.15, 0.2) is 0 Å². The van der Waals surface area contributed by atoms with E-state index < -0.39 is 0 Å². The molecule has 0 fully saturated rings. The van der Waals surface area contributed by atoms with E-state index in [-0.39, 0.29) is 12.1 Å². The van der Waals surface area contributed by atoms with E-state index in [0.29, 0.717) is 27.9 Å². The van der Waals surface area contributed by atoms with Crippen LogP contribution in [0, 0.1) is 0 Å². The molecule has 0 saturated carbocycles. The Hall–Kier alpha value is -1.79. The van der Waals surface area contributed by atoms with Gasteiger partial charge in [-0.05, 0) is 45.9 Å². The smallest absolute Gasteiger partial charge is 0.233 e. The number of benzene rings is 1. The van der Waals surface area contributed by atoms with Crippen molar-refractivity contribution in [1.82, 2.24) is 15.0 Å². The maximum Gasteiger partial charge on any atom is 0.233 e. The molecule has 8 heteroatoms. The van der Waals surface area contributed by atoms with Gasteiger partial charge in [0.2, 0.25) is 17.8 Å². The van der Waals surface area contributed by atoms with E-state index in [2.05, 4.69) is 30.9 Å². The molecule has 0 atom stereocenters. The standard InChI is InChI=1S/C15H20Cl2N6/c1-8(2)18-13-21-14(19-9(3)4)23-15(22-13)20-10-5-6-11(16)12(17)7-10/h5-9H,1-4H3,(H3,18,19,20,21,22,23). The Morgan fingerprint density at radius 2 is 1.30 bits per heavy atom. The molecule has 2 rings (SSSR count). The molecule has 1 aromatic carbocycles. The summed E-state index contributed by atoms with van der Waals surface area (Å²) in [6.45, 7) is 8.08. The molecule has 0 aliphatic carbocycles. The summed E-state index contributed by atoms with van der Waals surface area (Å²) in [5.41, 5.74) is 0.747. The number of rotatable bonds is 6. The molecule has 1 heterocycles. The third-order valence-corrected chi connectivity index (χ3v) is 3.39. The number of aromatic nitrogens is 3. The van der Waals surface area contributed by atoms with Crippen molar-refractivity contribution >= 4 is 46.7 Å². The minimum atomic E-state index is 0.210. The molecule has 0 spiro atoms. The number of nitrogens with one attached hydrogen (secondary N) is 3. The largest absolute Gasteiger partial charge is 0.352 e. The first kappa shape index (κ1) is 17.6. The van der Waals surface area contributed by atoms with Crippen LogP contribution < -0.4 is 16.0 Å². The average Bonchev–Trinajstić information content (AvgIpc) is 2.41. The average molecular weight is 355 g/mol. The van der Waals surface area contributed by atoms with E-state index >= 15 is 0 Å². The van der Waals surface area contributed by atoms with Gasteiger partial charge in [-0.2, -0.15) is 15.0 Å². The summed E-state index contributed by atoms with van der Waals surface area (Å²) in [4.78, 5) is 13.1. The molecule has 2 aromatic rings. The highest BCUT2D eigenvalue weighted by Crippen LogP contribution is 2.26. The predicted molar refractivity (Wildman–Crippen MR) is 97.1 cm³/mol. The summed E-state index contributed by atoms with van der Waals surface area (Å²) < 4.78 is 0. The molecule has 0 radical (unpaired) electrons. The fraction of sp³-hybridized carbons (Fsp3) is 0.400. The van der Waals surface area contributed by atoms with E-state index in [4.69, 9.17) is 23.2 Å². The molecule has 0 aliphatic heterocycles. The topological polar surface area (TPSA) is 74.8 Å². The van der Waals surface area contributed by atoms with Crippen LogP contribution in [0.3, 0.4) is 0 Å². The summed E-state index contributed by atoms with van der Waals surface area (Å²) in [6, 6.07) is 5.67. The van der Waals surface area contributed by atoms with Crippen LogP contribution in [-0.2, 0) is 0 Å². The van der Waals surface area contributed by atoms with Gasteiger partial charge in [0.05, 0.1) is 10.0 Å². The molecule has 0 bridgehead atoms. The molecule has 0 saturated heterocycles. The van der Waals surface area contributed by atoms with Gasteiger partial charge < -0.3 is 16.0 Å². The summed E-state index contributed by atoms with van der Waals surface area (Å²) in [5, 5.41) is 10.4. The second kappa shape index (κ2) is 7.66. The van der Waals surface area contributed by atoms with Crippen LogP contribution in [0.15, 0.2) is 18.2 Å². The van der Waals surface area contributed by atoms with Crippen LogP contribution in [0.2, 0.25) is 10.0 Å². The predicted octanol–water partition coefficient (Wildman–Crippen LogP) is 4.56. The molecule has 0 amide bonds. The van der Waals surface area contributed by atoms with Crippen molar-refractivity contribution in [3.8, 4) is 0 Å². The first-order chi connectivity index (χ1) is 10.8. The first-order valence-electron chi connectivity index (χ1n) is 7.34. The van der Waals surface area contributed by atoms with Gasteiger partial charge in [-0.1, -0.05) is 23.2 Å². The Morgan fingerprint density at radius 1 is 0.783 bits per heavy atom. The van der Waals surface area contributed by atoms with Gasteiger partial charge in [-0.3, -0.25) is 0 Å². The fourth-order valence-electron chi connectivity index (χ4n) is 1.78. The zero-order valence-electron chi connectivity index (χ0n) is 13.5. The van der Waals surface area contributed by atoms with Crippen molar-refractivity contribution in [3.05, 3.63) is 28.2 Å². The zero-order valence-corrected chi connectivity index (χ0v) is 15.0. The van der Waals surface area contributed by atoms with E-state index in [1.807, 2.05) is 33.8 Å². The van der Waals surface area contributed by atoms with Gasteiger partial charge in [-0.25, -0.2) is 0 Å². The highest BCUT2D eigenvalue weighted by molar-refractivity contribution is 6.42. The lowest BCUT2D eigenvalue weighted by molar-refractivity contribution is 0.847. The number of hydrogen-bond acceptors (Lipinski definition) is 6. The first-order valence-corrected chi connectivity index (χ1v) is 8.10. The van der Waals surface area contributed by atoms with Crippen LogP contribution in [0.4, 0.5) is 23.5 Å². The van der Waals surface area contributed by atoms with Gasteiger partial charge in [0.25, 0.3) is 0 Å². The van der Waals surface area contributed by atoms with Gasteiger partial charge in [0.1, 0.15) is 0 Å². The molecule has 0 aliphatic rings. The van der Waals surface area contributed by atoms with Crippen LogP contribution in [-0.4, -0.2) is 27.0 Å². The molecular weight excluding hydrogens is 335 g/mol. The number of halogens is 2. The lowest BCUT2D eigenvalue weighted by Crippen LogP contribution is -2.18. The van der Waals surface area contributed by atoms with E-state index in [1.54, 1.807) is 12.1 Å². The lowest BCUT2D eigenvalue weighted by Gasteiger charge is -2.14. The van der Waals surface area contributed by atoms with E-state index in [0.717, 1.165) is 5.69 Å². The van der Waals surface area contributed by atoms with Crippen LogP contribution in [0.25, 0.3) is 0 Å². The normalized spacial score (nSPS) is 11.0. The quantitative estimate of drug-likeness (QED) is 0.705. The van der Waals surface area contributed by atoms with Gasteiger partial charge in [-0.15, -0.1) is 0 Å². The van der Waals surface area contributed by atoms with Crippen LogP contribution in [0.1, 0.15) is 27.7 Å². The zero-order chi connectivity index (χ0) is 17.0. The fourth-order valence-corrected chi connectivity index (χ4v) is 2.08. The van der Waals surface area contributed by atoms with Crippen molar-refractivity contribution in [3.63, 3.8) is 0 Å². The van der Waals surface area contributed by atoms with Crippen LogP contribution >= 0.6 is 23.2 Å². The molecule has 3 N–H and O–H groups in total. The van der Waals surface area contributed by atoms with Crippen molar-refractivity contribution < 1.29 is 0 Å². The summed E-state index contributed by atoms with van der Waals surface area (Å²) >= 11 is 12.0. The SMILES string of the molecule is CC(C)Nc1nc(Nc2ccc(Cl)c(Cl)c2)nc(NC(C)C)n1. The number of hydrogen-bond donors (Lipinski definition) is 3. The van der Waals surface area contributed by atoms with Crippen LogP contribution in [0.5, 0.6) is 0 Å². The number of anilines is 4. The summed E-state index contributed by atoms with van der Waals surface area (Å²) in [6.07, 6.45) is 0. The van der Waals surface area contributed by atoms with Crippen molar-refractivity contribution in [1.29, 1.82) is 0 Å². The van der Waals surface area contributed by atoms with Crippen molar-refractivity contribution in [2.45, 2.75) is 39.8 Å². The Bertz CT molecular complexity index is 647. The Balaban J connectivity index is 2.29. The third kappa shape index (κ3) is 5.41. The van der Waals surface area contributed by atoms with Crippen molar-refractivity contribution in [2.75, 3.05) is 16.0 Å². The third-order valence-electron chi connectivity index (χ3n) is 2.65. The monoisotopic (exact) mass is 354 g/mol.